The number of methoxy groups -OCH3 is 2. The first-order valence-electron chi connectivity index (χ1n) is 9.12. The van der Waals surface area contributed by atoms with E-state index in [0.29, 0.717) is 46.8 Å². The van der Waals surface area contributed by atoms with Crippen LogP contribution in [0.3, 0.4) is 0 Å². The second-order valence-corrected chi connectivity index (χ2v) is 7.25. The van der Waals surface area contributed by atoms with Crippen molar-refractivity contribution >= 4 is 23.2 Å². The molecule has 1 saturated heterocycles. The van der Waals surface area contributed by atoms with Crippen molar-refractivity contribution in [3.05, 3.63) is 52.9 Å². The molecule has 0 bridgehead atoms. The lowest BCUT2D eigenvalue weighted by atomic mass is 10.1. The molecule has 0 aliphatic carbocycles. The number of benzene rings is 2. The second kappa shape index (κ2) is 7.75. The van der Waals surface area contributed by atoms with Gasteiger partial charge in [0.15, 0.2) is 0 Å². The number of rotatable bonds is 5. The SMILES string of the molecule is COc1cc(OC)cc(-c2noc(C3CC(=O)N(c4cccc(Cl)c4C)C3)n2)c1. The van der Waals surface area contributed by atoms with Crippen LogP contribution in [0.4, 0.5) is 5.69 Å². The zero-order chi connectivity index (χ0) is 20.5. The van der Waals surface area contributed by atoms with Crippen molar-refractivity contribution in [2.45, 2.75) is 19.3 Å². The third-order valence-corrected chi connectivity index (χ3v) is 5.47. The molecule has 4 rings (SSSR count). The minimum atomic E-state index is -0.186. The van der Waals surface area contributed by atoms with E-state index in [1.165, 1.54) is 0 Å². The Morgan fingerprint density at radius 1 is 1.17 bits per heavy atom. The lowest BCUT2D eigenvalue weighted by molar-refractivity contribution is -0.117. The predicted molar refractivity (Wildman–Crippen MR) is 109 cm³/mol. The number of carbonyl (C=O) groups is 1. The minimum Gasteiger partial charge on any atom is -0.497 e. The molecule has 1 amide bonds. The third kappa shape index (κ3) is 3.65. The minimum absolute atomic E-state index is 0.00293. The average Bonchev–Trinajstić information content (AvgIpc) is 3.36. The molecule has 0 spiro atoms. The Bertz CT molecular complexity index is 1040. The Morgan fingerprint density at radius 3 is 2.59 bits per heavy atom. The number of nitrogens with zero attached hydrogens (tertiary/aromatic N) is 3. The van der Waals surface area contributed by atoms with Crippen LogP contribution < -0.4 is 14.4 Å². The molecule has 2 aromatic carbocycles. The molecule has 1 fully saturated rings. The Kier molecular flexibility index (Phi) is 5.15. The number of hydrogen-bond acceptors (Lipinski definition) is 6. The highest BCUT2D eigenvalue weighted by Gasteiger charge is 2.36. The second-order valence-electron chi connectivity index (χ2n) is 6.85. The van der Waals surface area contributed by atoms with Crippen molar-refractivity contribution < 1.29 is 18.8 Å². The maximum atomic E-state index is 12.6. The van der Waals surface area contributed by atoms with Gasteiger partial charge in [0.1, 0.15) is 11.5 Å². The highest BCUT2D eigenvalue weighted by Crippen LogP contribution is 2.36. The van der Waals surface area contributed by atoms with Crippen LogP contribution in [-0.4, -0.2) is 36.8 Å². The van der Waals surface area contributed by atoms with E-state index in [1.807, 2.05) is 25.1 Å². The summed E-state index contributed by atoms with van der Waals surface area (Å²) in [7, 11) is 3.16. The topological polar surface area (TPSA) is 77.7 Å². The van der Waals surface area contributed by atoms with Crippen LogP contribution >= 0.6 is 11.6 Å². The normalized spacial score (nSPS) is 16.3. The highest BCUT2D eigenvalue weighted by molar-refractivity contribution is 6.31. The monoisotopic (exact) mass is 413 g/mol. The van der Waals surface area contributed by atoms with E-state index in [4.69, 9.17) is 25.6 Å². The van der Waals surface area contributed by atoms with E-state index in [9.17, 15) is 4.79 Å². The number of amides is 1. The molecular weight excluding hydrogens is 394 g/mol. The molecule has 29 heavy (non-hydrogen) atoms. The van der Waals surface area contributed by atoms with Crippen LogP contribution in [0.2, 0.25) is 5.02 Å². The summed E-state index contributed by atoms with van der Waals surface area (Å²) >= 11 is 6.21. The Morgan fingerprint density at radius 2 is 1.90 bits per heavy atom. The van der Waals surface area contributed by atoms with Crippen LogP contribution in [0.25, 0.3) is 11.4 Å². The van der Waals surface area contributed by atoms with Gasteiger partial charge in [0.2, 0.25) is 17.6 Å². The molecular formula is C21H20ClN3O4. The zero-order valence-corrected chi connectivity index (χ0v) is 17.1. The molecule has 1 aromatic heterocycles. The Hall–Kier alpha value is -3.06. The first-order chi connectivity index (χ1) is 14.0. The van der Waals surface area contributed by atoms with Crippen LogP contribution in [0.5, 0.6) is 11.5 Å². The van der Waals surface area contributed by atoms with Gasteiger partial charge in [0.25, 0.3) is 0 Å². The van der Waals surface area contributed by atoms with Crippen molar-refractivity contribution in [1.29, 1.82) is 0 Å². The van der Waals surface area contributed by atoms with Gasteiger partial charge in [-0.3, -0.25) is 4.79 Å². The fourth-order valence-corrected chi connectivity index (χ4v) is 3.62. The van der Waals surface area contributed by atoms with Gasteiger partial charge in [-0.05, 0) is 36.8 Å². The summed E-state index contributed by atoms with van der Waals surface area (Å²) in [6.45, 7) is 2.36. The van der Waals surface area contributed by atoms with Crippen molar-refractivity contribution in [2.75, 3.05) is 25.7 Å². The summed E-state index contributed by atoms with van der Waals surface area (Å²) in [5.74, 6) is 1.92. The standard InChI is InChI=1S/C21H20ClN3O4/c1-12-17(22)5-4-6-18(12)25-11-14(9-19(25)26)21-23-20(24-29-21)13-7-15(27-2)10-16(8-13)28-3/h4-8,10,14H,9,11H2,1-3H3. The van der Waals surface area contributed by atoms with E-state index < -0.39 is 0 Å². The summed E-state index contributed by atoms with van der Waals surface area (Å²) in [6, 6.07) is 10.9. The smallest absolute Gasteiger partial charge is 0.232 e. The van der Waals surface area contributed by atoms with Gasteiger partial charge in [-0.15, -0.1) is 0 Å². The number of ether oxygens (including phenoxy) is 2. The van der Waals surface area contributed by atoms with E-state index >= 15 is 0 Å². The van der Waals surface area contributed by atoms with E-state index in [2.05, 4.69) is 10.1 Å². The van der Waals surface area contributed by atoms with E-state index in [-0.39, 0.29) is 11.8 Å². The summed E-state index contributed by atoms with van der Waals surface area (Å²) in [6.07, 6.45) is 0.301. The van der Waals surface area contributed by atoms with E-state index in [0.717, 1.165) is 11.3 Å². The molecule has 0 radical (unpaired) electrons. The number of anilines is 1. The molecule has 150 valence electrons. The molecule has 1 atom stereocenters. The predicted octanol–water partition coefficient (Wildman–Crippen LogP) is 4.24. The van der Waals surface area contributed by atoms with Crippen LogP contribution in [0, 0.1) is 6.92 Å². The summed E-state index contributed by atoms with van der Waals surface area (Å²) < 4.78 is 16.1. The number of hydrogen-bond donors (Lipinski definition) is 0. The third-order valence-electron chi connectivity index (χ3n) is 5.06. The average molecular weight is 414 g/mol. The van der Waals surface area contributed by atoms with Crippen molar-refractivity contribution in [3.8, 4) is 22.9 Å². The highest BCUT2D eigenvalue weighted by atomic mass is 35.5. The van der Waals surface area contributed by atoms with Crippen molar-refractivity contribution in [1.82, 2.24) is 10.1 Å². The van der Waals surface area contributed by atoms with Crippen LogP contribution in [0.1, 0.15) is 23.8 Å². The number of aromatic nitrogens is 2. The first-order valence-corrected chi connectivity index (χ1v) is 9.50. The van der Waals surface area contributed by atoms with Gasteiger partial charge < -0.3 is 18.9 Å². The van der Waals surface area contributed by atoms with Crippen molar-refractivity contribution in [3.63, 3.8) is 0 Å². The lowest BCUT2D eigenvalue weighted by Crippen LogP contribution is -2.25. The lowest BCUT2D eigenvalue weighted by Gasteiger charge is -2.19. The quantitative estimate of drug-likeness (QED) is 0.622. The summed E-state index contributed by atoms with van der Waals surface area (Å²) in [4.78, 5) is 18.9. The van der Waals surface area contributed by atoms with Gasteiger partial charge in [-0.1, -0.05) is 22.8 Å². The van der Waals surface area contributed by atoms with Crippen LogP contribution in [0.15, 0.2) is 40.9 Å². The largest absolute Gasteiger partial charge is 0.497 e. The summed E-state index contributed by atoms with van der Waals surface area (Å²) in [5.41, 5.74) is 2.39. The van der Waals surface area contributed by atoms with Crippen LogP contribution in [-0.2, 0) is 4.79 Å². The fourth-order valence-electron chi connectivity index (χ4n) is 3.45. The number of carbonyl (C=O) groups excluding carboxylic acids is 1. The van der Waals surface area contributed by atoms with Gasteiger partial charge in [0, 0.05) is 35.3 Å². The molecule has 1 aliphatic rings. The maximum Gasteiger partial charge on any atom is 0.232 e. The molecule has 0 N–H and O–H groups in total. The fraction of sp³-hybridized carbons (Fsp3) is 0.286. The molecule has 2 heterocycles. The molecule has 8 heteroatoms. The maximum absolute atomic E-state index is 12.6. The molecule has 1 aliphatic heterocycles. The summed E-state index contributed by atoms with van der Waals surface area (Å²) in [5, 5.41) is 4.72. The van der Waals surface area contributed by atoms with Gasteiger partial charge >= 0.3 is 0 Å². The van der Waals surface area contributed by atoms with Gasteiger partial charge in [-0.25, -0.2) is 0 Å². The number of halogens is 1. The molecule has 7 nitrogen and oxygen atoms in total. The Labute approximate surface area is 173 Å². The molecule has 3 aromatic rings. The van der Waals surface area contributed by atoms with Gasteiger partial charge in [-0.2, -0.15) is 4.98 Å². The van der Waals surface area contributed by atoms with Gasteiger partial charge in [0.05, 0.1) is 20.1 Å². The van der Waals surface area contributed by atoms with E-state index in [1.54, 1.807) is 37.3 Å². The molecule has 0 saturated carbocycles. The first kappa shape index (κ1) is 19.3. The Balaban J connectivity index is 1.59. The zero-order valence-electron chi connectivity index (χ0n) is 16.3. The molecule has 1 unspecified atom stereocenters. The van der Waals surface area contributed by atoms with Crippen molar-refractivity contribution in [2.24, 2.45) is 0 Å².